The minimum Gasteiger partial charge on any atom is -0.394 e. The zero-order chi connectivity index (χ0) is 73.4. The topological polar surface area (TPSA) is 723 Å². The van der Waals surface area contributed by atoms with Gasteiger partial charge in [0.25, 0.3) is 0 Å². The molecule has 45 nitrogen and oxygen atoms in total. The summed E-state index contributed by atoms with van der Waals surface area (Å²) in [6, 6.07) is 0. The molecule has 0 aliphatic carbocycles. The van der Waals surface area contributed by atoms with Gasteiger partial charge in [0, 0.05) is 0 Å². The lowest BCUT2D eigenvalue weighted by Crippen LogP contribution is -2.68. The SMILES string of the molecule is C[C@@H]1OC(CO[C@@H]2OC(CO[C@@H]3OC(CO)[C@H](O)[C@H](O)C3O[C@@H]3OC(CO)[C@H](O)[C@H](O)C3O)[C@H](O)[C@H](O[C@H]3O[C@H](CO)[C@@H](O)C(O)C3O[C@H]3O[C@H](CO)[C@@H](O)C(O)C3O)C2O)[C@H](O)[C@H](O[C@H]2O[C@H](CO)[C@@H](O)C(O)C2O[C@H]2O[C@H](CO)[C@@H](O)C(O)C2O[C@H]2O[C@H](CO)[C@@H](O)C(O)C2O)C1O. The molecular formula is C55H94O45. The van der Waals surface area contributed by atoms with Crippen LogP contribution in [0, 0.1) is 0 Å². The predicted molar refractivity (Wildman–Crippen MR) is 301 cm³/mol. The van der Waals surface area contributed by atoms with E-state index >= 15 is 0 Å². The van der Waals surface area contributed by atoms with Gasteiger partial charge < -0.3 is 224 Å². The van der Waals surface area contributed by atoms with Crippen LogP contribution in [-0.2, 0) is 80.5 Å². The lowest BCUT2D eigenvalue weighted by Gasteiger charge is -2.50. The van der Waals surface area contributed by atoms with Crippen molar-refractivity contribution >= 4 is 0 Å². The van der Waals surface area contributed by atoms with E-state index in [0.717, 1.165) is 0 Å². The van der Waals surface area contributed by atoms with Crippen molar-refractivity contribution in [2.24, 2.45) is 0 Å². The summed E-state index contributed by atoms with van der Waals surface area (Å²) in [6.45, 7) is -7.93. The van der Waals surface area contributed by atoms with Gasteiger partial charge in [-0.1, -0.05) is 0 Å². The highest BCUT2D eigenvalue weighted by Crippen LogP contribution is 2.39. The second-order valence-corrected chi connectivity index (χ2v) is 25.6. The summed E-state index contributed by atoms with van der Waals surface area (Å²) in [6.07, 6.45) is -91.2. The maximum absolute atomic E-state index is 12.2. The van der Waals surface area contributed by atoms with Crippen LogP contribution >= 0.6 is 0 Å². The first kappa shape index (κ1) is 82.3. The first-order chi connectivity index (χ1) is 47.4. The Morgan fingerprint density at radius 2 is 0.410 bits per heavy atom. The number of ether oxygens (including phenoxy) is 17. The quantitative estimate of drug-likeness (QED) is 0.0404. The minimum absolute atomic E-state index is 0.953. The van der Waals surface area contributed by atoms with Crippen LogP contribution in [0.4, 0.5) is 0 Å². The van der Waals surface area contributed by atoms with Gasteiger partial charge in [0.05, 0.1) is 65.6 Å². The van der Waals surface area contributed by atoms with E-state index in [1.54, 1.807) is 0 Å². The van der Waals surface area contributed by atoms with E-state index in [0.29, 0.717) is 0 Å². The molecule has 0 saturated carbocycles. The highest BCUT2D eigenvalue weighted by Gasteiger charge is 2.60. The highest BCUT2D eigenvalue weighted by molar-refractivity contribution is 5.02. The van der Waals surface area contributed by atoms with Crippen molar-refractivity contribution in [3.8, 4) is 0 Å². The summed E-state index contributed by atoms with van der Waals surface area (Å²) in [7, 11) is 0. The second kappa shape index (κ2) is 35.5. The zero-order valence-electron chi connectivity index (χ0n) is 52.8. The molecule has 9 heterocycles. The fourth-order valence-corrected chi connectivity index (χ4v) is 12.9. The molecule has 28 N–H and O–H groups in total. The number of aliphatic hydroxyl groups excluding tert-OH is 28. The minimum atomic E-state index is -2.38. The molecule has 584 valence electrons. The van der Waals surface area contributed by atoms with Crippen molar-refractivity contribution in [2.75, 3.05) is 59.5 Å². The van der Waals surface area contributed by atoms with E-state index in [2.05, 4.69) is 0 Å². The van der Waals surface area contributed by atoms with Crippen molar-refractivity contribution in [1.29, 1.82) is 0 Å². The zero-order valence-corrected chi connectivity index (χ0v) is 52.8. The maximum atomic E-state index is 12.2. The largest absolute Gasteiger partial charge is 0.394 e. The normalized spacial score (nSPS) is 53.7. The summed E-state index contributed by atoms with van der Waals surface area (Å²) in [5.74, 6) is 0. The standard InChI is InChI=1S/C55H94O45/c1-11-21(63)42(95-54-47(37(79)28(70)17(7-61)92-54)100-55-46(36(78)27(69)18(8-62)93-55)99-51-40(82)33(75)24(66)14(4-58)89-51)29(71)19(86-11)9-84-48-41(83)43(96-53-45(35(77)26(68)16(6-60)91-53)98-50-39(81)32(74)23(65)13(3-57)88-50)30(72)20(94-48)10-85-52-44(34(76)25(67)15(5-59)90-52)97-49-38(80)31(73)22(64)12(2-56)87-49/h11-83H,2-10H2,1H3/t11-,12?,13+,14+,15?,16+,17+,18+,19?,20?,21?,22-,23+,24+,25-,26+,27+,28+,29-,30-,31-,32?,33?,34-,35?,36?,37?,38?,39?,40?,41?,42+,43-,44?,45?,46?,47?,48+,49-,50+,51+,52+,53+,54+,55+/m0/s1. The van der Waals surface area contributed by atoms with Crippen LogP contribution in [0.15, 0.2) is 0 Å². The molecule has 0 aromatic carbocycles. The molecule has 0 bridgehead atoms. The van der Waals surface area contributed by atoms with Gasteiger partial charge in [-0.3, -0.25) is 0 Å². The Morgan fingerprint density at radius 1 is 0.190 bits per heavy atom. The second-order valence-electron chi connectivity index (χ2n) is 25.6. The number of hydrogen-bond acceptors (Lipinski definition) is 45. The molecule has 9 saturated heterocycles. The Morgan fingerprint density at radius 3 is 0.720 bits per heavy atom. The molecule has 0 radical (unpaired) electrons. The van der Waals surface area contributed by atoms with Gasteiger partial charge in [-0.25, -0.2) is 0 Å². The third-order valence-electron chi connectivity index (χ3n) is 19.0. The molecule has 9 rings (SSSR count). The van der Waals surface area contributed by atoms with Gasteiger partial charge in [0.2, 0.25) is 0 Å². The van der Waals surface area contributed by atoms with E-state index in [4.69, 9.17) is 80.5 Å². The Bertz CT molecular complexity index is 2450. The van der Waals surface area contributed by atoms with Crippen LogP contribution in [-0.4, -0.2) is 479 Å². The Hall–Kier alpha value is -1.80. The number of aliphatic hydroxyl groups is 28. The van der Waals surface area contributed by atoms with Crippen molar-refractivity contribution in [3.63, 3.8) is 0 Å². The van der Waals surface area contributed by atoms with E-state index < -0.39 is 336 Å². The van der Waals surface area contributed by atoms with Gasteiger partial charge in [0.1, 0.15) is 220 Å². The van der Waals surface area contributed by atoms with E-state index in [9.17, 15) is 143 Å². The van der Waals surface area contributed by atoms with Crippen LogP contribution in [0.5, 0.6) is 0 Å². The van der Waals surface area contributed by atoms with Crippen LogP contribution in [0.2, 0.25) is 0 Å². The smallest absolute Gasteiger partial charge is 0.187 e. The Kier molecular flexibility index (Phi) is 29.2. The molecule has 9 fully saturated rings. The van der Waals surface area contributed by atoms with Gasteiger partial charge in [-0.15, -0.1) is 0 Å². The van der Waals surface area contributed by atoms with Crippen LogP contribution < -0.4 is 0 Å². The fraction of sp³-hybridized carbons (Fsp3) is 1.00. The summed E-state index contributed by atoms with van der Waals surface area (Å²) >= 11 is 0. The lowest BCUT2D eigenvalue weighted by atomic mass is 9.94. The maximum Gasteiger partial charge on any atom is 0.187 e. The van der Waals surface area contributed by atoms with Gasteiger partial charge in [-0.2, -0.15) is 0 Å². The van der Waals surface area contributed by atoms with E-state index in [-0.39, 0.29) is 0 Å². The average molecular weight is 1480 g/mol. The molecule has 0 aromatic heterocycles. The molecule has 0 spiro atoms. The monoisotopic (exact) mass is 1470 g/mol. The first-order valence-corrected chi connectivity index (χ1v) is 32.0. The molecular weight excluding hydrogens is 1380 g/mol. The van der Waals surface area contributed by atoms with Gasteiger partial charge in [-0.05, 0) is 6.92 Å². The summed E-state index contributed by atoms with van der Waals surface area (Å²) in [5.41, 5.74) is 0. The molecule has 0 aromatic rings. The number of rotatable bonds is 25. The van der Waals surface area contributed by atoms with Crippen LogP contribution in [0.1, 0.15) is 6.92 Å². The van der Waals surface area contributed by atoms with Crippen molar-refractivity contribution in [2.45, 2.75) is 283 Å². The molecule has 45 heteroatoms. The van der Waals surface area contributed by atoms with Crippen LogP contribution in [0.3, 0.4) is 0 Å². The molecule has 9 aliphatic rings. The third kappa shape index (κ3) is 17.0. The Labute approximate surface area is 565 Å². The predicted octanol–water partition coefficient (Wildman–Crippen LogP) is -19.6. The fourth-order valence-electron chi connectivity index (χ4n) is 12.9. The first-order valence-electron chi connectivity index (χ1n) is 32.0. The van der Waals surface area contributed by atoms with E-state index in [1.165, 1.54) is 6.92 Å². The molecule has 45 atom stereocenters. The molecule has 9 aliphatic heterocycles. The summed E-state index contributed by atoms with van der Waals surface area (Å²) < 4.78 is 98.4. The summed E-state index contributed by atoms with van der Waals surface area (Å²) in [5, 5.41) is 304. The summed E-state index contributed by atoms with van der Waals surface area (Å²) in [4.78, 5) is 0. The average Bonchev–Trinajstić information content (AvgIpc) is 0.777. The van der Waals surface area contributed by atoms with Gasteiger partial charge >= 0.3 is 0 Å². The van der Waals surface area contributed by atoms with E-state index in [1.807, 2.05) is 0 Å². The number of hydrogen-bond donors (Lipinski definition) is 28. The van der Waals surface area contributed by atoms with Crippen molar-refractivity contribution < 1.29 is 224 Å². The molecule has 100 heavy (non-hydrogen) atoms. The third-order valence-corrected chi connectivity index (χ3v) is 19.0. The molecule has 18 unspecified atom stereocenters. The van der Waals surface area contributed by atoms with Gasteiger partial charge in [0.15, 0.2) is 50.3 Å². The molecule has 0 amide bonds. The van der Waals surface area contributed by atoms with Crippen LogP contribution in [0.25, 0.3) is 0 Å². The van der Waals surface area contributed by atoms with Crippen molar-refractivity contribution in [1.82, 2.24) is 0 Å². The highest BCUT2D eigenvalue weighted by atomic mass is 16.8. The Balaban J connectivity index is 0.987. The van der Waals surface area contributed by atoms with Crippen molar-refractivity contribution in [3.05, 3.63) is 0 Å². The lowest BCUT2D eigenvalue weighted by molar-refractivity contribution is -0.401.